The van der Waals surface area contributed by atoms with E-state index >= 15 is 0 Å². The number of para-hydroxylation sites is 1. The van der Waals surface area contributed by atoms with E-state index in [4.69, 9.17) is 5.11 Å². The molecule has 10 nitrogen and oxygen atoms in total. The van der Waals surface area contributed by atoms with Crippen molar-refractivity contribution in [3.63, 3.8) is 0 Å². The number of nitrogens with one attached hydrogen (secondary N) is 3. The number of aromatic nitrogens is 2. The topological polar surface area (TPSA) is 150 Å². The highest BCUT2D eigenvalue weighted by atomic mass is 32.2. The van der Waals surface area contributed by atoms with Gasteiger partial charge in [0, 0.05) is 25.6 Å². The Hall–Kier alpha value is -3.99. The van der Waals surface area contributed by atoms with Crippen molar-refractivity contribution < 1.29 is 23.1 Å². The van der Waals surface area contributed by atoms with Gasteiger partial charge >= 0.3 is 5.97 Å². The van der Waals surface area contributed by atoms with Crippen molar-refractivity contribution in [3.05, 3.63) is 65.5 Å². The summed E-state index contributed by atoms with van der Waals surface area (Å²) < 4.78 is 24.3. The molecule has 11 heteroatoms. The molecule has 0 saturated heterocycles. The van der Waals surface area contributed by atoms with E-state index in [1.54, 1.807) is 25.1 Å². The number of hydrogen-bond acceptors (Lipinski definition) is 8. The molecule has 32 heavy (non-hydrogen) atoms. The van der Waals surface area contributed by atoms with Crippen LogP contribution in [0.5, 0.6) is 0 Å². The van der Waals surface area contributed by atoms with Crippen LogP contribution in [0.25, 0.3) is 0 Å². The number of sulfone groups is 1. The molecule has 1 aromatic carbocycles. The maximum Gasteiger partial charge on any atom is 0.337 e. The van der Waals surface area contributed by atoms with Gasteiger partial charge in [-0.1, -0.05) is 12.1 Å². The van der Waals surface area contributed by atoms with Gasteiger partial charge in [-0.2, -0.15) is 0 Å². The SMILES string of the molecule is CNC(=O)c1cnc(Nc2ccc(C(=O)O)c(C)n2)cc1Nc1ccccc1S(C)(=O)=O. The zero-order chi connectivity index (χ0) is 23.5. The molecule has 3 aromatic rings. The maximum absolute atomic E-state index is 12.3. The van der Waals surface area contributed by atoms with Crippen molar-refractivity contribution in [2.75, 3.05) is 23.9 Å². The van der Waals surface area contributed by atoms with Gasteiger partial charge in [0.25, 0.3) is 5.91 Å². The molecule has 2 aromatic heterocycles. The second-order valence-corrected chi connectivity index (χ2v) is 8.83. The van der Waals surface area contributed by atoms with Crippen molar-refractivity contribution in [1.82, 2.24) is 15.3 Å². The van der Waals surface area contributed by atoms with Gasteiger partial charge in [0.2, 0.25) is 0 Å². The molecule has 0 aliphatic carbocycles. The summed E-state index contributed by atoms with van der Waals surface area (Å²) in [5.41, 5.74) is 1.23. The largest absolute Gasteiger partial charge is 0.478 e. The minimum atomic E-state index is -3.52. The van der Waals surface area contributed by atoms with Gasteiger partial charge in [0.15, 0.2) is 9.84 Å². The lowest BCUT2D eigenvalue weighted by Gasteiger charge is -2.15. The highest BCUT2D eigenvalue weighted by molar-refractivity contribution is 7.90. The van der Waals surface area contributed by atoms with E-state index in [1.165, 1.54) is 37.5 Å². The van der Waals surface area contributed by atoms with Gasteiger partial charge in [-0.25, -0.2) is 23.2 Å². The van der Waals surface area contributed by atoms with Crippen molar-refractivity contribution in [2.45, 2.75) is 11.8 Å². The Morgan fingerprint density at radius 1 is 0.969 bits per heavy atom. The van der Waals surface area contributed by atoms with E-state index in [1.807, 2.05) is 0 Å². The molecular formula is C21H21N5O5S. The number of carboxylic acids is 1. The number of pyridine rings is 2. The number of amides is 1. The van der Waals surface area contributed by atoms with Gasteiger partial charge in [-0.3, -0.25) is 4.79 Å². The molecule has 2 heterocycles. The number of carbonyl (C=O) groups excluding carboxylic acids is 1. The first-order valence-corrected chi connectivity index (χ1v) is 11.3. The summed E-state index contributed by atoms with van der Waals surface area (Å²) in [4.78, 5) is 32.0. The molecule has 0 saturated carbocycles. The van der Waals surface area contributed by atoms with E-state index < -0.39 is 21.7 Å². The molecule has 0 aliphatic heterocycles. The lowest BCUT2D eigenvalue weighted by atomic mass is 10.2. The van der Waals surface area contributed by atoms with E-state index in [9.17, 15) is 18.0 Å². The summed E-state index contributed by atoms with van der Waals surface area (Å²) in [6.45, 7) is 1.58. The number of nitrogens with zero attached hydrogens (tertiary/aromatic N) is 2. The van der Waals surface area contributed by atoms with Crippen molar-refractivity contribution in [1.29, 1.82) is 0 Å². The van der Waals surface area contributed by atoms with E-state index in [2.05, 4.69) is 25.9 Å². The maximum atomic E-state index is 12.3. The second-order valence-electron chi connectivity index (χ2n) is 6.85. The molecule has 0 fully saturated rings. The van der Waals surface area contributed by atoms with Crippen LogP contribution in [-0.2, 0) is 9.84 Å². The molecule has 166 valence electrons. The minimum Gasteiger partial charge on any atom is -0.478 e. The van der Waals surface area contributed by atoms with Crippen LogP contribution in [0.4, 0.5) is 23.0 Å². The summed E-state index contributed by atoms with van der Waals surface area (Å²) in [6, 6.07) is 10.8. The molecule has 1 amide bonds. The van der Waals surface area contributed by atoms with Crippen LogP contribution >= 0.6 is 0 Å². The third kappa shape index (κ3) is 5.01. The molecule has 0 bridgehead atoms. The quantitative estimate of drug-likeness (QED) is 0.421. The third-order valence-corrected chi connectivity index (χ3v) is 5.66. The van der Waals surface area contributed by atoms with Crippen LogP contribution in [0, 0.1) is 6.92 Å². The zero-order valence-corrected chi connectivity index (χ0v) is 18.3. The average molecular weight is 455 g/mol. The Bertz CT molecular complexity index is 1310. The van der Waals surface area contributed by atoms with E-state index in [0.717, 1.165) is 6.26 Å². The molecule has 0 unspecified atom stereocenters. The number of carbonyl (C=O) groups is 2. The number of carboxylic acid groups (broad SMARTS) is 1. The fourth-order valence-electron chi connectivity index (χ4n) is 2.97. The number of anilines is 4. The predicted molar refractivity (Wildman–Crippen MR) is 120 cm³/mol. The molecular weight excluding hydrogens is 434 g/mol. The molecule has 4 N–H and O–H groups in total. The Labute approximate surface area is 184 Å². The normalized spacial score (nSPS) is 11.0. The Kier molecular flexibility index (Phi) is 6.40. The van der Waals surface area contributed by atoms with Crippen LogP contribution in [0.2, 0.25) is 0 Å². The number of aromatic carboxylic acids is 1. The number of hydrogen-bond donors (Lipinski definition) is 4. The van der Waals surface area contributed by atoms with Gasteiger partial charge in [-0.15, -0.1) is 0 Å². The monoisotopic (exact) mass is 455 g/mol. The minimum absolute atomic E-state index is 0.0794. The van der Waals surface area contributed by atoms with Gasteiger partial charge in [-0.05, 0) is 31.2 Å². The van der Waals surface area contributed by atoms with Gasteiger partial charge in [0.05, 0.1) is 33.1 Å². The smallest absolute Gasteiger partial charge is 0.337 e. The van der Waals surface area contributed by atoms with Crippen molar-refractivity contribution >= 4 is 44.7 Å². The standard InChI is InChI=1S/C21H21N5O5S/c1-12-13(21(28)29)8-9-18(24-12)26-19-10-16(14(11-23-19)20(27)22-2)25-15-6-4-5-7-17(15)32(3,30)31/h4-11H,1-3H3,(H,22,27)(H,28,29)(H2,23,24,25,26). The first-order chi connectivity index (χ1) is 15.1. The van der Waals surface area contributed by atoms with Gasteiger partial charge in [0.1, 0.15) is 11.6 Å². The van der Waals surface area contributed by atoms with Gasteiger partial charge < -0.3 is 21.1 Å². The second kappa shape index (κ2) is 9.02. The molecule has 0 atom stereocenters. The third-order valence-electron chi connectivity index (χ3n) is 4.50. The molecule has 0 spiro atoms. The first kappa shape index (κ1) is 22.7. The van der Waals surface area contributed by atoms with Crippen molar-refractivity contribution in [3.8, 4) is 0 Å². The summed E-state index contributed by atoms with van der Waals surface area (Å²) in [6.07, 6.45) is 2.44. The Balaban J connectivity index is 2.01. The highest BCUT2D eigenvalue weighted by Crippen LogP contribution is 2.29. The van der Waals surface area contributed by atoms with Crippen LogP contribution in [0.1, 0.15) is 26.4 Å². The lowest BCUT2D eigenvalue weighted by molar-refractivity contribution is 0.0695. The van der Waals surface area contributed by atoms with E-state index in [0.29, 0.717) is 28.7 Å². The van der Waals surface area contributed by atoms with Crippen LogP contribution < -0.4 is 16.0 Å². The van der Waals surface area contributed by atoms with Crippen LogP contribution in [0.3, 0.4) is 0 Å². The number of rotatable bonds is 7. The Morgan fingerprint density at radius 3 is 2.31 bits per heavy atom. The average Bonchev–Trinajstić information content (AvgIpc) is 2.73. The van der Waals surface area contributed by atoms with Crippen LogP contribution in [0.15, 0.2) is 53.6 Å². The van der Waals surface area contributed by atoms with E-state index in [-0.39, 0.29) is 16.0 Å². The molecule has 0 aliphatic rings. The van der Waals surface area contributed by atoms with Crippen molar-refractivity contribution in [2.24, 2.45) is 0 Å². The first-order valence-electron chi connectivity index (χ1n) is 9.36. The lowest BCUT2D eigenvalue weighted by Crippen LogP contribution is -2.20. The fraction of sp³-hybridized carbons (Fsp3) is 0.143. The summed E-state index contributed by atoms with van der Waals surface area (Å²) in [5, 5.41) is 17.6. The summed E-state index contributed by atoms with van der Waals surface area (Å²) in [5.74, 6) is -0.823. The molecule has 0 radical (unpaired) electrons. The summed E-state index contributed by atoms with van der Waals surface area (Å²) >= 11 is 0. The number of benzene rings is 1. The highest BCUT2D eigenvalue weighted by Gasteiger charge is 2.17. The molecule has 3 rings (SSSR count). The van der Waals surface area contributed by atoms with Crippen LogP contribution in [-0.4, -0.2) is 48.7 Å². The number of aryl methyl sites for hydroxylation is 1. The Morgan fingerprint density at radius 2 is 1.69 bits per heavy atom. The predicted octanol–water partition coefficient (Wildman–Crippen LogP) is 2.73. The zero-order valence-electron chi connectivity index (χ0n) is 17.5. The fourth-order valence-corrected chi connectivity index (χ4v) is 3.81. The summed E-state index contributed by atoms with van der Waals surface area (Å²) in [7, 11) is -2.05.